The van der Waals surface area contributed by atoms with Gasteiger partial charge in [0.05, 0.1) is 17.2 Å². The van der Waals surface area contributed by atoms with E-state index in [4.69, 9.17) is 5.26 Å². The van der Waals surface area contributed by atoms with Gasteiger partial charge in [-0.3, -0.25) is 9.89 Å². The first kappa shape index (κ1) is 14.5. The lowest BCUT2D eigenvalue weighted by atomic mass is 10.1. The second kappa shape index (κ2) is 5.24. The van der Waals surface area contributed by atoms with Crippen LogP contribution in [0.15, 0.2) is 18.2 Å². The minimum atomic E-state index is -4.69. The SMILES string of the molecule is Cc1nc(C(=O)Nc2ccc(C#N)c(C(F)(F)F)c2)n[nH]1. The van der Waals surface area contributed by atoms with Crippen LogP contribution in [-0.4, -0.2) is 21.1 Å². The van der Waals surface area contributed by atoms with Gasteiger partial charge in [-0.05, 0) is 25.1 Å². The van der Waals surface area contributed by atoms with Crippen LogP contribution in [0.3, 0.4) is 0 Å². The molecule has 0 unspecified atom stereocenters. The molecule has 2 N–H and O–H groups in total. The van der Waals surface area contributed by atoms with Crippen molar-refractivity contribution in [2.75, 3.05) is 5.32 Å². The molecule has 1 amide bonds. The summed E-state index contributed by atoms with van der Waals surface area (Å²) in [5.74, 6) is -0.543. The zero-order valence-electron chi connectivity index (χ0n) is 10.6. The van der Waals surface area contributed by atoms with Gasteiger partial charge in [0.1, 0.15) is 5.82 Å². The molecule has 0 aliphatic heterocycles. The average molecular weight is 295 g/mol. The van der Waals surface area contributed by atoms with Crippen molar-refractivity contribution in [2.45, 2.75) is 13.1 Å². The molecule has 1 aromatic carbocycles. The van der Waals surface area contributed by atoms with Gasteiger partial charge < -0.3 is 5.32 Å². The average Bonchev–Trinajstić information content (AvgIpc) is 2.84. The highest BCUT2D eigenvalue weighted by atomic mass is 19.4. The molecule has 0 fully saturated rings. The van der Waals surface area contributed by atoms with Gasteiger partial charge in [0.25, 0.3) is 5.91 Å². The first-order chi connectivity index (χ1) is 9.81. The van der Waals surface area contributed by atoms with E-state index in [0.717, 1.165) is 6.07 Å². The molecule has 0 saturated carbocycles. The van der Waals surface area contributed by atoms with Crippen LogP contribution >= 0.6 is 0 Å². The van der Waals surface area contributed by atoms with E-state index in [-0.39, 0.29) is 11.5 Å². The van der Waals surface area contributed by atoms with Crippen molar-refractivity contribution in [3.05, 3.63) is 41.0 Å². The van der Waals surface area contributed by atoms with Crippen LogP contribution in [0.2, 0.25) is 0 Å². The number of aromatic nitrogens is 3. The Labute approximate surface area is 116 Å². The molecule has 0 atom stereocenters. The van der Waals surface area contributed by atoms with E-state index in [9.17, 15) is 18.0 Å². The van der Waals surface area contributed by atoms with Crippen molar-refractivity contribution in [1.29, 1.82) is 5.26 Å². The topological polar surface area (TPSA) is 94.5 Å². The number of benzene rings is 1. The molecule has 0 radical (unpaired) electrons. The number of H-pyrrole nitrogens is 1. The largest absolute Gasteiger partial charge is 0.417 e. The van der Waals surface area contributed by atoms with E-state index in [0.29, 0.717) is 11.9 Å². The Kier molecular flexibility index (Phi) is 3.62. The number of carbonyl (C=O) groups excluding carboxylic acids is 1. The number of carbonyl (C=O) groups is 1. The molecule has 0 aliphatic carbocycles. The fourth-order valence-electron chi connectivity index (χ4n) is 1.59. The number of hydrogen-bond donors (Lipinski definition) is 2. The van der Waals surface area contributed by atoms with E-state index in [1.807, 2.05) is 0 Å². The molecule has 108 valence electrons. The van der Waals surface area contributed by atoms with Crippen LogP contribution in [0.5, 0.6) is 0 Å². The zero-order valence-corrected chi connectivity index (χ0v) is 10.6. The van der Waals surface area contributed by atoms with E-state index in [1.165, 1.54) is 12.1 Å². The van der Waals surface area contributed by atoms with Crippen LogP contribution in [0.25, 0.3) is 0 Å². The number of nitriles is 1. The van der Waals surface area contributed by atoms with Crippen molar-refractivity contribution in [3.8, 4) is 6.07 Å². The van der Waals surface area contributed by atoms with Crippen molar-refractivity contribution in [1.82, 2.24) is 15.2 Å². The quantitative estimate of drug-likeness (QED) is 0.888. The Morgan fingerprint density at radius 3 is 2.67 bits per heavy atom. The minimum Gasteiger partial charge on any atom is -0.319 e. The maximum Gasteiger partial charge on any atom is 0.417 e. The van der Waals surface area contributed by atoms with Gasteiger partial charge >= 0.3 is 6.18 Å². The number of aryl methyl sites for hydroxylation is 1. The van der Waals surface area contributed by atoms with E-state index < -0.39 is 23.2 Å². The summed E-state index contributed by atoms with van der Waals surface area (Å²) < 4.78 is 38.4. The number of aromatic amines is 1. The third-order valence-corrected chi connectivity index (χ3v) is 2.50. The molecular weight excluding hydrogens is 287 g/mol. The van der Waals surface area contributed by atoms with Gasteiger partial charge in [-0.25, -0.2) is 4.98 Å². The highest BCUT2D eigenvalue weighted by molar-refractivity contribution is 6.01. The van der Waals surface area contributed by atoms with E-state index in [2.05, 4.69) is 20.5 Å². The fraction of sp³-hybridized carbons (Fsp3) is 0.167. The van der Waals surface area contributed by atoms with Gasteiger partial charge in [0.15, 0.2) is 0 Å². The fourth-order valence-corrected chi connectivity index (χ4v) is 1.59. The Morgan fingerprint density at radius 1 is 1.43 bits per heavy atom. The highest BCUT2D eigenvalue weighted by Crippen LogP contribution is 2.33. The third-order valence-electron chi connectivity index (χ3n) is 2.50. The number of halogens is 3. The molecule has 9 heteroatoms. The number of rotatable bonds is 2. The lowest BCUT2D eigenvalue weighted by molar-refractivity contribution is -0.137. The Bertz CT molecular complexity index is 729. The standard InChI is InChI=1S/C12H8F3N5O/c1-6-17-10(20-19-6)11(21)18-8-3-2-7(5-16)9(4-8)12(13,14)15/h2-4H,1H3,(H,18,21)(H,17,19,20). The van der Waals surface area contributed by atoms with E-state index in [1.54, 1.807) is 6.92 Å². The first-order valence-electron chi connectivity index (χ1n) is 5.63. The lowest BCUT2D eigenvalue weighted by Crippen LogP contribution is -2.15. The monoisotopic (exact) mass is 295 g/mol. The van der Waals surface area contributed by atoms with Gasteiger partial charge in [0, 0.05) is 5.69 Å². The molecule has 1 aromatic heterocycles. The van der Waals surface area contributed by atoms with Gasteiger partial charge in [0.2, 0.25) is 5.82 Å². The summed E-state index contributed by atoms with van der Waals surface area (Å²) in [6.45, 7) is 1.58. The predicted octanol–water partition coefficient (Wildman–Crippen LogP) is 2.26. The minimum absolute atomic E-state index is 0.103. The summed E-state index contributed by atoms with van der Waals surface area (Å²) in [7, 11) is 0. The molecule has 0 spiro atoms. The second-order valence-electron chi connectivity index (χ2n) is 4.07. The molecule has 21 heavy (non-hydrogen) atoms. The summed E-state index contributed by atoms with van der Waals surface area (Å²) in [5.41, 5.74) is -1.74. The number of nitrogens with one attached hydrogen (secondary N) is 2. The van der Waals surface area contributed by atoms with Gasteiger partial charge in [-0.2, -0.15) is 18.4 Å². The van der Waals surface area contributed by atoms with Crippen molar-refractivity contribution in [3.63, 3.8) is 0 Å². The third kappa shape index (κ3) is 3.17. The first-order valence-corrected chi connectivity index (χ1v) is 5.63. The van der Waals surface area contributed by atoms with Crippen LogP contribution in [0, 0.1) is 18.3 Å². The molecule has 0 saturated heterocycles. The number of nitrogens with zero attached hydrogens (tertiary/aromatic N) is 3. The van der Waals surface area contributed by atoms with Crippen molar-refractivity contribution in [2.24, 2.45) is 0 Å². The molecule has 6 nitrogen and oxygen atoms in total. The smallest absolute Gasteiger partial charge is 0.319 e. The maximum absolute atomic E-state index is 12.8. The molecule has 1 heterocycles. The number of amides is 1. The van der Waals surface area contributed by atoms with Crippen molar-refractivity contribution >= 4 is 11.6 Å². The Balaban J connectivity index is 2.30. The molecule has 2 aromatic rings. The maximum atomic E-state index is 12.8. The zero-order chi connectivity index (χ0) is 15.6. The van der Waals surface area contributed by atoms with Crippen LogP contribution < -0.4 is 5.32 Å². The summed E-state index contributed by atoms with van der Waals surface area (Å²) in [6, 6.07) is 4.33. The number of alkyl halides is 3. The molecule has 2 rings (SSSR count). The molecule has 0 aliphatic rings. The predicted molar refractivity (Wildman–Crippen MR) is 65.2 cm³/mol. The second-order valence-corrected chi connectivity index (χ2v) is 4.07. The van der Waals surface area contributed by atoms with Crippen LogP contribution in [0.4, 0.5) is 18.9 Å². The van der Waals surface area contributed by atoms with Crippen LogP contribution in [0.1, 0.15) is 27.6 Å². The van der Waals surface area contributed by atoms with Gasteiger partial charge in [-0.15, -0.1) is 5.10 Å². The van der Waals surface area contributed by atoms with E-state index >= 15 is 0 Å². The van der Waals surface area contributed by atoms with Crippen LogP contribution in [-0.2, 0) is 6.18 Å². The summed E-state index contributed by atoms with van der Waals surface area (Å²) in [6.07, 6.45) is -4.69. The summed E-state index contributed by atoms with van der Waals surface area (Å²) in [5, 5.41) is 17.0. The normalized spacial score (nSPS) is 11.0. The van der Waals surface area contributed by atoms with Gasteiger partial charge in [-0.1, -0.05) is 0 Å². The summed E-state index contributed by atoms with van der Waals surface area (Å²) >= 11 is 0. The molecule has 0 bridgehead atoms. The number of hydrogen-bond acceptors (Lipinski definition) is 4. The molecular formula is C12H8F3N5O. The van der Waals surface area contributed by atoms with Crippen molar-refractivity contribution < 1.29 is 18.0 Å². The highest BCUT2D eigenvalue weighted by Gasteiger charge is 2.34. The lowest BCUT2D eigenvalue weighted by Gasteiger charge is -2.11. The Morgan fingerprint density at radius 2 is 2.14 bits per heavy atom. The Hall–Kier alpha value is -2.89. The summed E-state index contributed by atoms with van der Waals surface area (Å²) in [4.78, 5) is 15.5. The number of anilines is 1.